The number of esters is 1. The molecule has 4 N–H and O–H groups in total. The van der Waals surface area contributed by atoms with Gasteiger partial charge in [0.25, 0.3) is 0 Å². The van der Waals surface area contributed by atoms with Crippen LogP contribution in [-0.2, 0) is 41.7 Å². The van der Waals surface area contributed by atoms with Gasteiger partial charge in [0, 0.05) is 24.9 Å². The third-order valence-corrected chi connectivity index (χ3v) is 6.79. The lowest BCUT2D eigenvalue weighted by molar-refractivity contribution is -0.147. The molecule has 0 radical (unpaired) electrons. The fourth-order valence-electron chi connectivity index (χ4n) is 3.81. The Morgan fingerprint density at radius 1 is 0.932 bits per heavy atom. The lowest BCUT2D eigenvalue weighted by Gasteiger charge is -2.19. The monoisotopic (exact) mass is 631 g/mol. The fraction of sp³-hybridized carbons (Fsp3) is 0.548. The molecule has 12 nitrogen and oxygen atoms in total. The number of rotatable bonds is 18. The van der Waals surface area contributed by atoms with E-state index in [2.05, 4.69) is 26.3 Å². The maximum atomic E-state index is 12.8. The maximum Gasteiger partial charge on any atom is 0.407 e. The number of thiazole rings is 1. The predicted molar refractivity (Wildman–Crippen MR) is 168 cm³/mol. The van der Waals surface area contributed by atoms with Gasteiger partial charge in [0.05, 0.1) is 18.5 Å². The van der Waals surface area contributed by atoms with Gasteiger partial charge in [-0.05, 0) is 45.6 Å². The van der Waals surface area contributed by atoms with Crippen LogP contribution >= 0.6 is 11.3 Å². The molecule has 242 valence electrons. The maximum absolute atomic E-state index is 12.8. The molecule has 0 saturated heterocycles. The number of aromatic nitrogens is 1. The first kappa shape index (κ1) is 36.2. The SMILES string of the molecule is CCCCNC(=O)[C@H](CC(=O)OCc1ccccc1)NC(=O)Cc1csc(NC(=O)CCCCCNC(=O)OC(C)(C)C)n1. The van der Waals surface area contributed by atoms with E-state index in [1.807, 2.05) is 37.3 Å². The highest BCUT2D eigenvalue weighted by atomic mass is 32.1. The molecule has 0 aliphatic rings. The topological polar surface area (TPSA) is 165 Å². The van der Waals surface area contributed by atoms with Crippen LogP contribution in [-0.4, -0.2) is 59.5 Å². The Bertz CT molecular complexity index is 1210. The van der Waals surface area contributed by atoms with Crippen LogP contribution in [0.1, 0.15) is 83.9 Å². The smallest absolute Gasteiger partial charge is 0.407 e. The van der Waals surface area contributed by atoms with Crippen molar-refractivity contribution in [3.63, 3.8) is 0 Å². The zero-order valence-electron chi connectivity index (χ0n) is 26.0. The van der Waals surface area contributed by atoms with Gasteiger partial charge >= 0.3 is 12.1 Å². The van der Waals surface area contributed by atoms with Crippen LogP contribution in [0.5, 0.6) is 0 Å². The molecule has 0 fully saturated rings. The Labute approximate surface area is 263 Å². The molecule has 4 amide bonds. The van der Waals surface area contributed by atoms with Gasteiger partial charge in [-0.2, -0.15) is 0 Å². The molecule has 44 heavy (non-hydrogen) atoms. The Morgan fingerprint density at radius 2 is 1.66 bits per heavy atom. The third kappa shape index (κ3) is 16.0. The van der Waals surface area contributed by atoms with Crippen LogP contribution in [0.25, 0.3) is 0 Å². The molecule has 1 aromatic heterocycles. The predicted octanol–water partition coefficient (Wildman–Crippen LogP) is 4.24. The third-order valence-electron chi connectivity index (χ3n) is 5.98. The number of unbranched alkanes of at least 4 members (excludes halogenated alkanes) is 3. The average molecular weight is 632 g/mol. The van der Waals surface area contributed by atoms with Gasteiger partial charge < -0.3 is 30.7 Å². The number of amides is 4. The van der Waals surface area contributed by atoms with Crippen molar-refractivity contribution in [2.75, 3.05) is 18.4 Å². The minimum absolute atomic E-state index is 0.0659. The average Bonchev–Trinajstić information content (AvgIpc) is 3.39. The molecule has 13 heteroatoms. The van der Waals surface area contributed by atoms with Gasteiger partial charge in [-0.25, -0.2) is 9.78 Å². The van der Waals surface area contributed by atoms with E-state index in [9.17, 15) is 24.0 Å². The van der Waals surface area contributed by atoms with Gasteiger partial charge in [-0.15, -0.1) is 11.3 Å². The molecule has 0 aliphatic carbocycles. The van der Waals surface area contributed by atoms with Crippen molar-refractivity contribution in [2.45, 2.75) is 97.3 Å². The number of hydrogen-bond donors (Lipinski definition) is 4. The number of anilines is 1. The Hall–Kier alpha value is -4.00. The summed E-state index contributed by atoms with van der Waals surface area (Å²) in [4.78, 5) is 66.3. The van der Waals surface area contributed by atoms with Gasteiger partial charge in [0.15, 0.2) is 5.13 Å². The molecular weight excluding hydrogens is 586 g/mol. The second kappa shape index (κ2) is 19.3. The molecule has 1 aromatic carbocycles. The minimum Gasteiger partial charge on any atom is -0.461 e. The van der Waals surface area contributed by atoms with Gasteiger partial charge in [0.2, 0.25) is 17.7 Å². The summed E-state index contributed by atoms with van der Waals surface area (Å²) in [5.41, 5.74) is 0.688. The second-order valence-electron chi connectivity index (χ2n) is 11.2. The number of nitrogens with one attached hydrogen (secondary N) is 4. The summed E-state index contributed by atoms with van der Waals surface area (Å²) in [5.74, 6) is -1.76. The van der Waals surface area contributed by atoms with Crippen molar-refractivity contribution >= 4 is 46.3 Å². The van der Waals surface area contributed by atoms with E-state index >= 15 is 0 Å². The van der Waals surface area contributed by atoms with E-state index in [1.165, 1.54) is 11.3 Å². The van der Waals surface area contributed by atoms with Crippen molar-refractivity contribution in [2.24, 2.45) is 0 Å². The van der Waals surface area contributed by atoms with Gasteiger partial charge in [0.1, 0.15) is 18.2 Å². The van der Waals surface area contributed by atoms with Crippen molar-refractivity contribution < 1.29 is 33.4 Å². The Kier molecular flexibility index (Phi) is 15.9. The quantitative estimate of drug-likeness (QED) is 0.140. The molecular formula is C31H45N5O7S. The summed E-state index contributed by atoms with van der Waals surface area (Å²) in [6.45, 7) is 8.34. The van der Waals surface area contributed by atoms with Gasteiger partial charge in [-0.3, -0.25) is 19.2 Å². The van der Waals surface area contributed by atoms with Crippen LogP contribution in [0, 0.1) is 0 Å². The molecule has 1 heterocycles. The Morgan fingerprint density at radius 3 is 2.36 bits per heavy atom. The fourth-order valence-corrected chi connectivity index (χ4v) is 4.54. The molecule has 0 saturated carbocycles. The summed E-state index contributed by atoms with van der Waals surface area (Å²) in [6, 6.07) is 8.07. The van der Waals surface area contributed by atoms with Crippen molar-refractivity contribution in [3.8, 4) is 0 Å². The highest BCUT2D eigenvalue weighted by molar-refractivity contribution is 7.13. The highest BCUT2D eigenvalue weighted by Crippen LogP contribution is 2.17. The number of hydrogen-bond acceptors (Lipinski definition) is 9. The van der Waals surface area contributed by atoms with E-state index in [1.54, 1.807) is 26.2 Å². The Balaban J connectivity index is 1.77. The molecule has 0 aliphatic heterocycles. The standard InChI is InChI=1S/C31H45N5O7S/c1-5-6-16-32-28(40)24(19-27(39)42-20-22-13-9-7-10-14-22)35-26(38)18-23-21-44-29(34-23)36-25(37)15-11-8-12-17-33-30(41)43-31(2,3)4/h7,9-10,13-14,21,24H,5-6,8,11-12,15-20H2,1-4H3,(H,32,40)(H,33,41)(H,35,38)(H,34,36,37)/t24-/m0/s1. The van der Waals surface area contributed by atoms with Crippen molar-refractivity contribution in [3.05, 3.63) is 47.0 Å². The summed E-state index contributed by atoms with van der Waals surface area (Å²) in [6.07, 6.45) is 3.13. The number of carbonyl (C=O) groups excluding carboxylic acids is 5. The first-order valence-electron chi connectivity index (χ1n) is 14.9. The summed E-state index contributed by atoms with van der Waals surface area (Å²) >= 11 is 1.19. The number of nitrogens with zero attached hydrogens (tertiary/aromatic N) is 1. The molecule has 1 atom stereocenters. The summed E-state index contributed by atoms with van der Waals surface area (Å²) < 4.78 is 10.5. The number of benzene rings is 1. The molecule has 2 aromatic rings. The van der Waals surface area contributed by atoms with Crippen LogP contribution in [0.4, 0.5) is 9.93 Å². The lowest BCUT2D eigenvalue weighted by Crippen LogP contribution is -2.48. The molecule has 0 spiro atoms. The first-order chi connectivity index (χ1) is 20.9. The molecule has 0 bridgehead atoms. The van der Waals surface area contributed by atoms with E-state index in [-0.39, 0.29) is 31.8 Å². The summed E-state index contributed by atoms with van der Waals surface area (Å²) in [7, 11) is 0. The lowest BCUT2D eigenvalue weighted by atomic mass is 10.1. The second-order valence-corrected chi connectivity index (χ2v) is 12.1. The number of alkyl carbamates (subject to hydrolysis) is 1. The highest BCUT2D eigenvalue weighted by Gasteiger charge is 2.25. The largest absolute Gasteiger partial charge is 0.461 e. The summed E-state index contributed by atoms with van der Waals surface area (Å²) in [5, 5.41) is 12.8. The van der Waals surface area contributed by atoms with Crippen LogP contribution in [0.3, 0.4) is 0 Å². The van der Waals surface area contributed by atoms with E-state index in [0.717, 1.165) is 24.8 Å². The van der Waals surface area contributed by atoms with E-state index < -0.39 is 35.5 Å². The van der Waals surface area contributed by atoms with Crippen LogP contribution < -0.4 is 21.3 Å². The van der Waals surface area contributed by atoms with Crippen LogP contribution in [0.15, 0.2) is 35.7 Å². The first-order valence-corrected chi connectivity index (χ1v) is 15.8. The van der Waals surface area contributed by atoms with Crippen LogP contribution in [0.2, 0.25) is 0 Å². The van der Waals surface area contributed by atoms with E-state index in [4.69, 9.17) is 9.47 Å². The van der Waals surface area contributed by atoms with E-state index in [0.29, 0.717) is 36.8 Å². The number of ether oxygens (including phenoxy) is 2. The zero-order valence-corrected chi connectivity index (χ0v) is 26.8. The van der Waals surface area contributed by atoms with Gasteiger partial charge in [-0.1, -0.05) is 50.1 Å². The zero-order chi connectivity index (χ0) is 32.4. The van der Waals surface area contributed by atoms with Crippen molar-refractivity contribution in [1.82, 2.24) is 20.9 Å². The minimum atomic E-state index is -1.10. The van der Waals surface area contributed by atoms with Crippen molar-refractivity contribution in [1.29, 1.82) is 0 Å². The molecule has 0 unspecified atom stereocenters. The normalized spacial score (nSPS) is 11.6. The molecule has 2 rings (SSSR count). The number of carbonyl (C=O) groups is 5.